The van der Waals surface area contributed by atoms with Crippen molar-refractivity contribution in [1.29, 1.82) is 0 Å². The lowest BCUT2D eigenvalue weighted by atomic mass is 10.1. The summed E-state index contributed by atoms with van der Waals surface area (Å²) in [5.74, 6) is -8.22. The topological polar surface area (TPSA) is 271 Å². The van der Waals surface area contributed by atoms with Gasteiger partial charge in [-0.1, -0.05) is 0 Å². The molecule has 2 heterocycles. The van der Waals surface area contributed by atoms with E-state index in [0.29, 0.717) is 0 Å². The lowest BCUT2D eigenvalue weighted by Gasteiger charge is -2.17. The van der Waals surface area contributed by atoms with Gasteiger partial charge in [-0.3, -0.25) is 9.59 Å². The zero-order chi connectivity index (χ0) is 38.5. The highest BCUT2D eigenvalue weighted by molar-refractivity contribution is 7.82. The van der Waals surface area contributed by atoms with Crippen molar-refractivity contribution in [2.45, 2.75) is 0 Å². The van der Waals surface area contributed by atoms with Crippen LogP contribution in [-0.4, -0.2) is 67.5 Å². The van der Waals surface area contributed by atoms with E-state index in [0.717, 1.165) is 64.8 Å². The monoisotopic (exact) mass is 754 g/mol. The van der Waals surface area contributed by atoms with Crippen molar-refractivity contribution in [3.8, 4) is 91.6 Å². The first-order valence-corrected chi connectivity index (χ1v) is 16.1. The van der Waals surface area contributed by atoms with Crippen molar-refractivity contribution in [2.75, 3.05) is 28.4 Å². The van der Waals surface area contributed by atoms with Gasteiger partial charge in [-0.15, -0.1) is 8.42 Å². The van der Waals surface area contributed by atoms with E-state index in [-0.39, 0.29) is 22.6 Å². The maximum Gasteiger partial charge on any atom is 0.501 e. The molecular weight excluding hydrogens is 728 g/mol. The summed E-state index contributed by atoms with van der Waals surface area (Å²) in [7, 11) is -0.981. The summed E-state index contributed by atoms with van der Waals surface area (Å²) in [5, 5.41) is 60.6. The van der Waals surface area contributed by atoms with Gasteiger partial charge < -0.3 is 66.8 Å². The third-order valence-corrected chi connectivity index (χ3v) is 8.51. The number of benzene rings is 4. The number of ether oxygens (including phenoxy) is 4. The van der Waals surface area contributed by atoms with Crippen LogP contribution >= 0.6 is 0 Å². The van der Waals surface area contributed by atoms with Gasteiger partial charge in [0.2, 0.25) is 33.9 Å². The van der Waals surface area contributed by atoms with Crippen LogP contribution in [0.3, 0.4) is 0 Å². The van der Waals surface area contributed by atoms with Crippen molar-refractivity contribution in [3.05, 3.63) is 69.0 Å². The first kappa shape index (κ1) is 35.7. The highest BCUT2D eigenvalue weighted by Gasteiger charge is 2.31. The van der Waals surface area contributed by atoms with Gasteiger partial charge in [0.1, 0.15) is 21.9 Å². The molecule has 0 fully saturated rings. The summed E-state index contributed by atoms with van der Waals surface area (Å²) in [6.45, 7) is 0. The summed E-state index contributed by atoms with van der Waals surface area (Å²) < 4.78 is 69.4. The van der Waals surface area contributed by atoms with Crippen LogP contribution in [0, 0.1) is 0 Å². The largest absolute Gasteiger partial charge is 0.504 e. The highest BCUT2D eigenvalue weighted by Crippen LogP contribution is 2.47. The second kappa shape index (κ2) is 13.2. The molecule has 2 aromatic heterocycles. The lowest BCUT2D eigenvalue weighted by Crippen LogP contribution is -2.18. The Balaban J connectivity index is 1.47. The van der Waals surface area contributed by atoms with E-state index in [1.54, 1.807) is 0 Å². The van der Waals surface area contributed by atoms with Gasteiger partial charge in [-0.2, -0.15) is 0 Å². The van der Waals surface area contributed by atoms with Crippen LogP contribution in [0.4, 0.5) is 0 Å². The van der Waals surface area contributed by atoms with E-state index in [9.17, 15) is 48.6 Å². The number of aromatic hydroxyl groups is 6. The summed E-state index contributed by atoms with van der Waals surface area (Å²) >= 11 is 0. The minimum Gasteiger partial charge on any atom is -0.504 e. The maximum absolute atomic E-state index is 13.5. The normalized spacial score (nSPS) is 11.4. The quantitative estimate of drug-likeness (QED) is 0.107. The number of phenolic OH excluding ortho intramolecular Hbond substituents is 6. The SMILES string of the molecule is COc1c(OS(=O)(=O)Oc2cc3oc(-c4ccc(O)c(O)c4)c(OC)c(=O)c3c(O)c2OC)cc2oc(-c3ccc(O)c(O)c3)c(OC)c(=O)c2c1O. The number of fused-ring (bicyclic) bond motifs is 2. The molecule has 0 aliphatic heterocycles. The number of hydrogen-bond acceptors (Lipinski definition) is 18. The Morgan fingerprint density at radius 2 is 0.868 bits per heavy atom. The molecule has 0 aliphatic carbocycles. The molecular formula is C34H26O18S. The molecule has 18 nitrogen and oxygen atoms in total. The Labute approximate surface area is 296 Å². The number of methoxy groups -OCH3 is 4. The Morgan fingerprint density at radius 1 is 0.509 bits per heavy atom. The average molecular weight is 755 g/mol. The molecule has 276 valence electrons. The van der Waals surface area contributed by atoms with E-state index >= 15 is 0 Å². The predicted octanol–water partition coefficient (Wildman–Crippen LogP) is 4.20. The van der Waals surface area contributed by atoms with Crippen LogP contribution in [0.1, 0.15) is 0 Å². The van der Waals surface area contributed by atoms with Gasteiger partial charge in [0.15, 0.2) is 57.5 Å². The van der Waals surface area contributed by atoms with Gasteiger partial charge in [0.25, 0.3) is 0 Å². The zero-order valence-electron chi connectivity index (χ0n) is 27.6. The second-order valence-corrected chi connectivity index (χ2v) is 12.0. The highest BCUT2D eigenvalue weighted by atomic mass is 32.3. The van der Waals surface area contributed by atoms with Crippen LogP contribution in [-0.2, 0) is 10.4 Å². The molecule has 0 saturated heterocycles. The molecule has 6 N–H and O–H groups in total. The van der Waals surface area contributed by atoms with Gasteiger partial charge in [-0.05, 0) is 36.4 Å². The Bertz CT molecular complexity index is 2520. The van der Waals surface area contributed by atoms with Crippen LogP contribution in [0.2, 0.25) is 0 Å². The molecule has 0 atom stereocenters. The molecule has 53 heavy (non-hydrogen) atoms. The molecule has 0 unspecified atom stereocenters. The first-order chi connectivity index (χ1) is 25.1. The molecule has 6 rings (SSSR count). The Morgan fingerprint density at radius 3 is 1.19 bits per heavy atom. The van der Waals surface area contributed by atoms with Crippen molar-refractivity contribution < 1.29 is 75.2 Å². The maximum atomic E-state index is 13.5. The van der Waals surface area contributed by atoms with Gasteiger partial charge in [0.05, 0.1) is 28.4 Å². The molecule has 4 aromatic carbocycles. The minimum atomic E-state index is -5.31. The fraction of sp³-hybridized carbons (Fsp3) is 0.118. The summed E-state index contributed by atoms with van der Waals surface area (Å²) in [4.78, 5) is 26.9. The minimum absolute atomic E-state index is 0.0442. The fourth-order valence-corrected chi connectivity index (χ4v) is 6.11. The zero-order valence-corrected chi connectivity index (χ0v) is 28.4. The summed E-state index contributed by atoms with van der Waals surface area (Å²) in [5.41, 5.74) is -2.69. The van der Waals surface area contributed by atoms with Crippen molar-refractivity contribution >= 4 is 32.3 Å². The molecule has 6 aromatic rings. The molecule has 0 amide bonds. The molecule has 0 spiro atoms. The molecule has 0 saturated carbocycles. The number of hydrogen-bond donors (Lipinski definition) is 6. The van der Waals surface area contributed by atoms with Crippen LogP contribution in [0.25, 0.3) is 44.6 Å². The number of phenols is 6. The summed E-state index contributed by atoms with van der Waals surface area (Å²) in [6.07, 6.45) is 0. The number of rotatable bonds is 10. The van der Waals surface area contributed by atoms with Gasteiger partial charge in [0, 0.05) is 23.3 Å². The summed E-state index contributed by atoms with van der Waals surface area (Å²) in [6, 6.07) is 8.64. The molecule has 19 heteroatoms. The third kappa shape index (κ3) is 6.03. The van der Waals surface area contributed by atoms with E-state index in [4.69, 9.17) is 36.1 Å². The van der Waals surface area contributed by atoms with Crippen molar-refractivity contribution in [2.24, 2.45) is 0 Å². The standard InChI is InChI=1S/C34H26O18S/c1-45-31-21(11-19-23(25(31)39)27(41)33(47-3)29(49-19)13-5-7-15(35)17(37)9-13)51-53(43,44)52-22-12-20-24(26(40)32(22)46-2)28(42)34(48-4)30(50-20)14-6-8-16(36)18(38)10-14/h5-12,35-40H,1-4H3. The molecule has 0 aliphatic rings. The Hall–Kier alpha value is -7.15. The fourth-order valence-electron chi connectivity index (χ4n) is 5.39. The van der Waals surface area contributed by atoms with Crippen molar-refractivity contribution in [1.82, 2.24) is 0 Å². The van der Waals surface area contributed by atoms with Gasteiger partial charge >= 0.3 is 10.4 Å². The van der Waals surface area contributed by atoms with E-state index in [1.165, 1.54) is 12.1 Å². The second-order valence-electron chi connectivity index (χ2n) is 10.8. The van der Waals surface area contributed by atoms with E-state index in [2.05, 4.69) is 0 Å². The van der Waals surface area contributed by atoms with E-state index in [1.807, 2.05) is 0 Å². The van der Waals surface area contributed by atoms with Crippen molar-refractivity contribution in [3.63, 3.8) is 0 Å². The van der Waals surface area contributed by atoms with Crippen LogP contribution in [0.15, 0.2) is 67.0 Å². The lowest BCUT2D eigenvalue weighted by molar-refractivity contribution is 0.333. The van der Waals surface area contributed by atoms with Crippen LogP contribution in [0.5, 0.6) is 69.0 Å². The smallest absolute Gasteiger partial charge is 0.501 e. The van der Waals surface area contributed by atoms with E-state index < -0.39 is 112 Å². The predicted molar refractivity (Wildman–Crippen MR) is 182 cm³/mol. The molecule has 0 bridgehead atoms. The third-order valence-electron chi connectivity index (χ3n) is 7.75. The Kier molecular flexibility index (Phi) is 8.88. The molecule has 0 radical (unpaired) electrons. The first-order valence-electron chi connectivity index (χ1n) is 14.7. The van der Waals surface area contributed by atoms with Gasteiger partial charge in [-0.25, -0.2) is 0 Å². The van der Waals surface area contributed by atoms with Crippen LogP contribution < -0.4 is 38.2 Å². The average Bonchev–Trinajstić information content (AvgIpc) is 3.10.